The van der Waals surface area contributed by atoms with E-state index in [0.29, 0.717) is 24.0 Å². The van der Waals surface area contributed by atoms with Crippen molar-refractivity contribution in [3.63, 3.8) is 0 Å². The maximum atomic E-state index is 10.6. The third-order valence-electron chi connectivity index (χ3n) is 6.09. The summed E-state index contributed by atoms with van der Waals surface area (Å²) in [6.45, 7) is 1.03. The molecule has 5 heteroatoms. The number of fused-ring (bicyclic) bond motifs is 2. The summed E-state index contributed by atoms with van der Waals surface area (Å²) in [4.78, 5) is 10.6. The lowest BCUT2D eigenvalue weighted by atomic mass is 9.76. The molecule has 0 saturated carbocycles. The molecule has 0 radical (unpaired) electrons. The fourth-order valence-electron chi connectivity index (χ4n) is 4.62. The first-order chi connectivity index (χ1) is 14.2. The maximum absolute atomic E-state index is 10.6. The Balaban J connectivity index is 1.28. The van der Waals surface area contributed by atoms with E-state index in [9.17, 15) is 4.79 Å². The Bertz CT molecular complexity index is 636. The molecule has 0 spiro atoms. The first kappa shape index (κ1) is 22.2. The Morgan fingerprint density at radius 2 is 1.90 bits per heavy atom. The SMILES string of the molecule is O=C(O)CCCC=CC[C@@H]1[C@@H](CCSCCCNc2ccccc2)[C@@H]2CC[C@H]1O2. The van der Waals surface area contributed by atoms with Crippen LogP contribution in [0.15, 0.2) is 42.5 Å². The summed E-state index contributed by atoms with van der Waals surface area (Å²) < 4.78 is 6.22. The van der Waals surface area contributed by atoms with Crippen LogP contribution in [0.25, 0.3) is 0 Å². The van der Waals surface area contributed by atoms with E-state index in [0.717, 1.165) is 25.8 Å². The number of para-hydroxylation sites is 1. The van der Waals surface area contributed by atoms with Crippen molar-refractivity contribution in [1.29, 1.82) is 0 Å². The lowest BCUT2D eigenvalue weighted by Gasteiger charge is -2.27. The van der Waals surface area contributed by atoms with E-state index < -0.39 is 5.97 Å². The molecule has 160 valence electrons. The number of benzene rings is 1. The highest BCUT2D eigenvalue weighted by atomic mass is 32.2. The first-order valence-electron chi connectivity index (χ1n) is 11.1. The van der Waals surface area contributed by atoms with E-state index in [1.165, 1.54) is 42.9 Å². The Morgan fingerprint density at radius 1 is 1.10 bits per heavy atom. The molecule has 1 aromatic rings. The minimum atomic E-state index is -0.701. The molecule has 4 nitrogen and oxygen atoms in total. The van der Waals surface area contributed by atoms with Gasteiger partial charge in [0, 0.05) is 18.7 Å². The van der Waals surface area contributed by atoms with Gasteiger partial charge in [-0.15, -0.1) is 0 Å². The minimum absolute atomic E-state index is 0.266. The van der Waals surface area contributed by atoms with Crippen molar-refractivity contribution < 1.29 is 14.6 Å². The van der Waals surface area contributed by atoms with Crippen molar-refractivity contribution in [2.45, 2.75) is 63.6 Å². The van der Waals surface area contributed by atoms with Crippen LogP contribution >= 0.6 is 11.8 Å². The van der Waals surface area contributed by atoms with Crippen molar-refractivity contribution >= 4 is 23.4 Å². The molecule has 2 saturated heterocycles. The number of carbonyl (C=O) groups is 1. The molecule has 1 aromatic carbocycles. The van der Waals surface area contributed by atoms with E-state index in [2.05, 4.69) is 53.5 Å². The van der Waals surface area contributed by atoms with Crippen molar-refractivity contribution in [3.05, 3.63) is 42.5 Å². The number of aliphatic carboxylic acids is 1. The van der Waals surface area contributed by atoms with Gasteiger partial charge >= 0.3 is 5.97 Å². The monoisotopic (exact) mass is 417 g/mol. The lowest BCUT2D eigenvalue weighted by Crippen LogP contribution is -2.27. The Hall–Kier alpha value is -1.46. The highest BCUT2D eigenvalue weighted by molar-refractivity contribution is 7.99. The Labute approximate surface area is 179 Å². The second kappa shape index (κ2) is 12.3. The summed E-state index contributed by atoms with van der Waals surface area (Å²) >= 11 is 2.07. The van der Waals surface area contributed by atoms with Crippen LogP contribution in [0.4, 0.5) is 5.69 Å². The molecule has 2 aliphatic rings. The summed E-state index contributed by atoms with van der Waals surface area (Å²) in [5.74, 6) is 3.09. The number of hydrogen-bond acceptors (Lipinski definition) is 4. The lowest BCUT2D eigenvalue weighted by molar-refractivity contribution is -0.137. The van der Waals surface area contributed by atoms with E-state index in [1.807, 2.05) is 6.07 Å². The van der Waals surface area contributed by atoms with Crippen molar-refractivity contribution in [3.8, 4) is 0 Å². The van der Waals surface area contributed by atoms with E-state index in [1.54, 1.807) is 0 Å². The topological polar surface area (TPSA) is 58.6 Å². The van der Waals surface area contributed by atoms with Gasteiger partial charge in [0.05, 0.1) is 12.2 Å². The smallest absolute Gasteiger partial charge is 0.303 e. The molecule has 4 atom stereocenters. The zero-order valence-electron chi connectivity index (χ0n) is 17.3. The second-order valence-corrected chi connectivity index (χ2v) is 9.38. The molecule has 2 N–H and O–H groups in total. The van der Waals surface area contributed by atoms with Gasteiger partial charge in [0.25, 0.3) is 0 Å². The third kappa shape index (κ3) is 7.38. The summed E-state index contributed by atoms with van der Waals surface area (Å²) in [5, 5.41) is 12.2. The van der Waals surface area contributed by atoms with Gasteiger partial charge in [-0.3, -0.25) is 4.79 Å². The number of rotatable bonds is 14. The zero-order valence-corrected chi connectivity index (χ0v) is 18.1. The van der Waals surface area contributed by atoms with Crippen LogP contribution in [0.2, 0.25) is 0 Å². The quantitative estimate of drug-likeness (QED) is 0.304. The summed E-state index contributed by atoms with van der Waals surface area (Å²) in [6.07, 6.45) is 13.2. The molecule has 2 aliphatic heterocycles. The van der Waals surface area contributed by atoms with E-state index in [4.69, 9.17) is 9.84 Å². The fourth-order valence-corrected chi connectivity index (χ4v) is 5.62. The summed E-state index contributed by atoms with van der Waals surface area (Å²) in [5.41, 5.74) is 1.20. The maximum Gasteiger partial charge on any atom is 0.303 e. The molecule has 0 amide bonds. The number of ether oxygens (including phenoxy) is 1. The van der Waals surface area contributed by atoms with Crippen LogP contribution in [0.3, 0.4) is 0 Å². The summed E-state index contributed by atoms with van der Waals surface area (Å²) in [7, 11) is 0. The van der Waals surface area contributed by atoms with Crippen LogP contribution in [0.1, 0.15) is 51.4 Å². The number of unbranched alkanes of at least 4 members (excludes halogenated alkanes) is 1. The van der Waals surface area contributed by atoms with Gasteiger partial charge in [0.1, 0.15) is 0 Å². The van der Waals surface area contributed by atoms with Gasteiger partial charge in [-0.2, -0.15) is 11.8 Å². The number of allylic oxidation sites excluding steroid dienone is 2. The molecule has 0 aliphatic carbocycles. The van der Waals surface area contributed by atoms with Crippen molar-refractivity contribution in [1.82, 2.24) is 0 Å². The molecule has 29 heavy (non-hydrogen) atoms. The standard InChI is InChI=1S/C24H35NO3S/c26-24(27)12-7-2-1-6-11-20-21(23-14-13-22(20)28-23)15-18-29-17-8-16-25-19-9-4-3-5-10-19/h1,3-6,9-10,20-23,25H,2,7-8,11-18H2,(H,26,27)/t20-,21-,22-,23+/m1/s1. The molecule has 3 rings (SSSR count). The van der Waals surface area contributed by atoms with Crippen molar-refractivity contribution in [2.24, 2.45) is 11.8 Å². The van der Waals surface area contributed by atoms with E-state index in [-0.39, 0.29) is 6.42 Å². The highest BCUT2D eigenvalue weighted by Crippen LogP contribution is 2.47. The highest BCUT2D eigenvalue weighted by Gasteiger charge is 2.47. The number of carboxylic acid groups (broad SMARTS) is 1. The van der Waals surface area contributed by atoms with Gasteiger partial charge < -0.3 is 15.2 Å². The number of thioether (sulfide) groups is 1. The molecule has 2 bridgehead atoms. The average Bonchev–Trinajstić information content (AvgIpc) is 3.32. The van der Waals surface area contributed by atoms with Crippen LogP contribution in [-0.2, 0) is 9.53 Å². The van der Waals surface area contributed by atoms with Gasteiger partial charge in [-0.05, 0) is 80.4 Å². The zero-order chi connectivity index (χ0) is 20.3. The van der Waals surface area contributed by atoms with Gasteiger partial charge in [0.15, 0.2) is 0 Å². The number of anilines is 1. The molecular weight excluding hydrogens is 382 g/mol. The predicted octanol–water partition coefficient (Wildman–Crippen LogP) is 5.61. The average molecular weight is 418 g/mol. The predicted molar refractivity (Wildman–Crippen MR) is 122 cm³/mol. The minimum Gasteiger partial charge on any atom is -0.481 e. The molecule has 0 aromatic heterocycles. The largest absolute Gasteiger partial charge is 0.481 e. The van der Waals surface area contributed by atoms with Gasteiger partial charge in [0.2, 0.25) is 0 Å². The Morgan fingerprint density at radius 3 is 2.69 bits per heavy atom. The van der Waals surface area contributed by atoms with Crippen LogP contribution in [-0.4, -0.2) is 41.3 Å². The normalized spacial score (nSPS) is 25.7. The molecule has 2 fully saturated rings. The molecule has 0 unspecified atom stereocenters. The van der Waals surface area contributed by atoms with Crippen LogP contribution in [0, 0.1) is 11.8 Å². The number of hydrogen-bond donors (Lipinski definition) is 2. The number of nitrogens with one attached hydrogen (secondary N) is 1. The van der Waals surface area contributed by atoms with Crippen molar-refractivity contribution in [2.75, 3.05) is 23.4 Å². The van der Waals surface area contributed by atoms with Gasteiger partial charge in [-0.1, -0.05) is 30.4 Å². The summed E-state index contributed by atoms with van der Waals surface area (Å²) in [6, 6.07) is 10.4. The molecule has 2 heterocycles. The Kier molecular flexibility index (Phi) is 9.42. The third-order valence-corrected chi connectivity index (χ3v) is 7.19. The van der Waals surface area contributed by atoms with Crippen LogP contribution < -0.4 is 5.32 Å². The van der Waals surface area contributed by atoms with Gasteiger partial charge in [-0.25, -0.2) is 0 Å². The van der Waals surface area contributed by atoms with E-state index >= 15 is 0 Å². The fraction of sp³-hybridized carbons (Fsp3) is 0.625. The molecular formula is C24H35NO3S. The first-order valence-corrected chi connectivity index (χ1v) is 12.3. The van der Waals surface area contributed by atoms with Crippen LogP contribution in [0.5, 0.6) is 0 Å². The second-order valence-electron chi connectivity index (χ2n) is 8.16. The number of carboxylic acids is 1.